The second-order valence-corrected chi connectivity index (χ2v) is 4.11. The van der Waals surface area contributed by atoms with Crippen molar-refractivity contribution < 1.29 is 27.9 Å². The first-order chi connectivity index (χ1) is 9.18. The minimum atomic E-state index is -4.53. The van der Waals surface area contributed by atoms with Crippen molar-refractivity contribution in [2.24, 2.45) is 0 Å². The number of amides is 1. The molecule has 0 saturated heterocycles. The number of hydrogen-bond acceptors (Lipinski definition) is 3. The van der Waals surface area contributed by atoms with Crippen LogP contribution in [0, 0.1) is 0 Å². The summed E-state index contributed by atoms with van der Waals surface area (Å²) in [6, 6.07) is 0.609. The van der Waals surface area contributed by atoms with E-state index in [1.807, 2.05) is 0 Å². The predicted molar refractivity (Wildman–Crippen MR) is 63.0 cm³/mol. The molecule has 1 N–H and O–H groups in total. The van der Waals surface area contributed by atoms with Gasteiger partial charge < -0.3 is 10.0 Å². The number of aromatic nitrogens is 1. The van der Waals surface area contributed by atoms with Crippen LogP contribution < -0.4 is 0 Å². The fourth-order valence-corrected chi connectivity index (χ4v) is 1.62. The quantitative estimate of drug-likeness (QED) is 0.921. The van der Waals surface area contributed by atoms with E-state index in [9.17, 15) is 22.8 Å². The van der Waals surface area contributed by atoms with Gasteiger partial charge in [0.2, 0.25) is 0 Å². The SMILES string of the molecule is CCC(C(=O)O)N(C)C(=O)c1ccc(C(F)(F)F)cn1. The Kier molecular flexibility index (Phi) is 4.69. The van der Waals surface area contributed by atoms with E-state index >= 15 is 0 Å². The number of nitrogens with zero attached hydrogens (tertiary/aromatic N) is 2. The molecular weight excluding hydrogens is 277 g/mol. The summed E-state index contributed by atoms with van der Waals surface area (Å²) < 4.78 is 37.1. The maximum Gasteiger partial charge on any atom is 0.417 e. The van der Waals surface area contributed by atoms with Gasteiger partial charge in [0.15, 0.2) is 0 Å². The number of halogens is 3. The molecule has 0 aliphatic heterocycles. The van der Waals surface area contributed by atoms with Gasteiger partial charge >= 0.3 is 12.1 Å². The number of hydrogen-bond donors (Lipinski definition) is 1. The van der Waals surface area contributed by atoms with Gasteiger partial charge in [-0.3, -0.25) is 9.78 Å². The fourth-order valence-electron chi connectivity index (χ4n) is 1.62. The largest absolute Gasteiger partial charge is 0.480 e. The summed E-state index contributed by atoms with van der Waals surface area (Å²) in [5.74, 6) is -1.93. The molecule has 1 aromatic heterocycles. The van der Waals surface area contributed by atoms with Crippen molar-refractivity contribution >= 4 is 11.9 Å². The second-order valence-electron chi connectivity index (χ2n) is 4.11. The zero-order valence-corrected chi connectivity index (χ0v) is 10.8. The number of likely N-dealkylation sites (N-methyl/N-ethyl adjacent to an activating group) is 1. The van der Waals surface area contributed by atoms with Gasteiger partial charge in [-0.25, -0.2) is 4.79 Å². The van der Waals surface area contributed by atoms with Crippen molar-refractivity contribution in [3.8, 4) is 0 Å². The van der Waals surface area contributed by atoms with Crippen LogP contribution in [0.2, 0.25) is 0 Å². The van der Waals surface area contributed by atoms with Crippen molar-refractivity contribution in [3.05, 3.63) is 29.6 Å². The third-order valence-corrected chi connectivity index (χ3v) is 2.77. The molecule has 0 aliphatic rings. The summed E-state index contributed by atoms with van der Waals surface area (Å²) in [5.41, 5.74) is -1.21. The van der Waals surface area contributed by atoms with Crippen molar-refractivity contribution in [1.82, 2.24) is 9.88 Å². The summed E-state index contributed by atoms with van der Waals surface area (Å²) in [4.78, 5) is 27.2. The van der Waals surface area contributed by atoms with E-state index in [1.165, 1.54) is 7.05 Å². The molecule has 1 unspecified atom stereocenters. The van der Waals surface area contributed by atoms with Crippen LogP contribution in [0.4, 0.5) is 13.2 Å². The van der Waals surface area contributed by atoms with Gasteiger partial charge in [0.1, 0.15) is 11.7 Å². The normalized spacial score (nSPS) is 12.8. The van der Waals surface area contributed by atoms with Gasteiger partial charge in [0.25, 0.3) is 5.91 Å². The lowest BCUT2D eigenvalue weighted by molar-refractivity contribution is -0.142. The Balaban J connectivity index is 2.95. The smallest absolute Gasteiger partial charge is 0.417 e. The zero-order chi connectivity index (χ0) is 15.5. The van der Waals surface area contributed by atoms with Crippen LogP contribution >= 0.6 is 0 Å². The highest BCUT2D eigenvalue weighted by Gasteiger charge is 2.32. The number of carboxylic acid groups (broad SMARTS) is 1. The molecule has 0 spiro atoms. The number of aliphatic carboxylic acids is 1. The Hall–Kier alpha value is -2.12. The highest BCUT2D eigenvalue weighted by atomic mass is 19.4. The van der Waals surface area contributed by atoms with Crippen molar-refractivity contribution in [2.45, 2.75) is 25.6 Å². The molecule has 110 valence electrons. The number of rotatable bonds is 4. The Labute approximate surface area is 113 Å². The summed E-state index contributed by atoms with van der Waals surface area (Å²) in [7, 11) is 1.27. The Morgan fingerprint density at radius 1 is 1.40 bits per heavy atom. The summed E-state index contributed by atoms with van der Waals surface area (Å²) in [6.07, 6.45) is -3.81. The van der Waals surface area contributed by atoms with Gasteiger partial charge in [-0.15, -0.1) is 0 Å². The van der Waals surface area contributed by atoms with Gasteiger partial charge in [0.05, 0.1) is 5.56 Å². The summed E-state index contributed by atoms with van der Waals surface area (Å²) in [6.45, 7) is 1.59. The predicted octanol–water partition coefficient (Wildman–Crippen LogP) is 2.04. The minimum absolute atomic E-state index is 0.179. The summed E-state index contributed by atoms with van der Waals surface area (Å²) in [5, 5.41) is 8.93. The molecule has 1 aromatic rings. The molecule has 8 heteroatoms. The number of alkyl halides is 3. The van der Waals surface area contributed by atoms with Crippen LogP contribution in [0.25, 0.3) is 0 Å². The second kappa shape index (κ2) is 5.89. The Bertz CT molecular complexity index is 500. The molecule has 5 nitrogen and oxygen atoms in total. The highest BCUT2D eigenvalue weighted by Crippen LogP contribution is 2.28. The summed E-state index contributed by atoms with van der Waals surface area (Å²) >= 11 is 0. The molecule has 0 aromatic carbocycles. The van der Waals surface area contributed by atoms with E-state index in [2.05, 4.69) is 4.98 Å². The van der Waals surface area contributed by atoms with Crippen LogP contribution in [0.5, 0.6) is 0 Å². The maximum atomic E-state index is 12.4. The number of carbonyl (C=O) groups is 2. The van der Waals surface area contributed by atoms with Crippen LogP contribution in [-0.4, -0.2) is 40.0 Å². The van der Waals surface area contributed by atoms with Crippen LogP contribution in [-0.2, 0) is 11.0 Å². The molecule has 1 amide bonds. The van der Waals surface area contributed by atoms with E-state index < -0.39 is 29.7 Å². The minimum Gasteiger partial charge on any atom is -0.480 e. The number of pyridine rings is 1. The lowest BCUT2D eigenvalue weighted by atomic mass is 10.1. The monoisotopic (exact) mass is 290 g/mol. The van der Waals surface area contributed by atoms with Crippen molar-refractivity contribution in [3.63, 3.8) is 0 Å². The number of carbonyl (C=O) groups excluding carboxylic acids is 1. The van der Waals surface area contributed by atoms with E-state index in [-0.39, 0.29) is 12.1 Å². The van der Waals surface area contributed by atoms with Crippen LogP contribution in [0.15, 0.2) is 18.3 Å². The molecule has 0 saturated carbocycles. The van der Waals surface area contributed by atoms with Crippen LogP contribution in [0.3, 0.4) is 0 Å². The molecular formula is C12H13F3N2O3. The fraction of sp³-hybridized carbons (Fsp3) is 0.417. The maximum absolute atomic E-state index is 12.4. The number of carboxylic acids is 1. The Morgan fingerprint density at radius 2 is 2.00 bits per heavy atom. The van der Waals surface area contributed by atoms with Gasteiger partial charge in [0, 0.05) is 13.2 Å². The third-order valence-electron chi connectivity index (χ3n) is 2.77. The first-order valence-electron chi connectivity index (χ1n) is 5.71. The molecule has 0 fully saturated rings. The third kappa shape index (κ3) is 3.46. The van der Waals surface area contributed by atoms with E-state index in [0.29, 0.717) is 6.20 Å². The first-order valence-corrected chi connectivity index (χ1v) is 5.71. The lowest BCUT2D eigenvalue weighted by Gasteiger charge is -2.23. The van der Waals surface area contributed by atoms with Crippen molar-refractivity contribution in [1.29, 1.82) is 0 Å². The van der Waals surface area contributed by atoms with Gasteiger partial charge in [-0.2, -0.15) is 13.2 Å². The molecule has 1 rings (SSSR count). The first kappa shape index (κ1) is 15.9. The Morgan fingerprint density at radius 3 is 2.35 bits per heavy atom. The molecule has 0 radical (unpaired) electrons. The average Bonchev–Trinajstić information content (AvgIpc) is 2.37. The zero-order valence-electron chi connectivity index (χ0n) is 10.8. The standard InChI is InChI=1S/C12H13F3N2O3/c1-3-9(11(19)20)17(2)10(18)8-5-4-7(6-16-8)12(13,14)15/h4-6,9H,3H2,1-2H3,(H,19,20). The average molecular weight is 290 g/mol. The lowest BCUT2D eigenvalue weighted by Crippen LogP contribution is -2.42. The molecule has 0 bridgehead atoms. The van der Waals surface area contributed by atoms with Crippen molar-refractivity contribution in [2.75, 3.05) is 7.05 Å². The molecule has 1 atom stereocenters. The van der Waals surface area contributed by atoms with E-state index in [0.717, 1.165) is 17.0 Å². The molecule has 1 heterocycles. The van der Waals surface area contributed by atoms with Gasteiger partial charge in [-0.1, -0.05) is 6.92 Å². The van der Waals surface area contributed by atoms with Crippen LogP contribution in [0.1, 0.15) is 29.4 Å². The van der Waals surface area contributed by atoms with E-state index in [4.69, 9.17) is 5.11 Å². The molecule has 0 aliphatic carbocycles. The highest BCUT2D eigenvalue weighted by molar-refractivity contribution is 5.94. The topological polar surface area (TPSA) is 70.5 Å². The molecule has 20 heavy (non-hydrogen) atoms. The van der Waals surface area contributed by atoms with E-state index in [1.54, 1.807) is 6.92 Å². The van der Waals surface area contributed by atoms with Gasteiger partial charge in [-0.05, 0) is 18.6 Å².